The smallest absolute Gasteiger partial charge is 0.147 e. The molecule has 2 aromatic carbocycles. The molecule has 2 aromatic rings. The molecular formula is C16H15FO2S. The van der Waals surface area contributed by atoms with Gasteiger partial charge in [0.15, 0.2) is 0 Å². The quantitative estimate of drug-likeness (QED) is 0.758. The Hall–Kier alpha value is -1.81. The van der Waals surface area contributed by atoms with Crippen molar-refractivity contribution < 1.29 is 13.9 Å². The van der Waals surface area contributed by atoms with E-state index in [1.54, 1.807) is 19.2 Å². The Bertz CT molecular complexity index is 581. The highest BCUT2D eigenvalue weighted by atomic mass is 32.2. The van der Waals surface area contributed by atoms with Gasteiger partial charge in [-0.15, -0.1) is 11.8 Å². The van der Waals surface area contributed by atoms with Crippen LogP contribution in [0.5, 0.6) is 5.75 Å². The zero-order valence-electron chi connectivity index (χ0n) is 11.1. The molecule has 0 atom stereocenters. The minimum absolute atomic E-state index is 0.104. The fraction of sp³-hybridized carbons (Fsp3) is 0.188. The van der Waals surface area contributed by atoms with Gasteiger partial charge < -0.3 is 4.74 Å². The topological polar surface area (TPSA) is 26.3 Å². The summed E-state index contributed by atoms with van der Waals surface area (Å²) in [5.74, 6) is 0.960. The monoisotopic (exact) mass is 290 g/mol. The molecule has 0 radical (unpaired) electrons. The van der Waals surface area contributed by atoms with E-state index in [1.807, 2.05) is 24.3 Å². The standard InChI is InChI=1S/C16H15FO2S/c1-19-15-4-2-3-5-16(15)20-11-14(18)10-12-6-8-13(17)9-7-12/h2-9H,10-11H2,1H3. The maximum Gasteiger partial charge on any atom is 0.147 e. The number of ether oxygens (including phenoxy) is 1. The zero-order chi connectivity index (χ0) is 14.4. The van der Waals surface area contributed by atoms with Crippen molar-refractivity contribution in [2.24, 2.45) is 0 Å². The highest BCUT2D eigenvalue weighted by Gasteiger charge is 2.08. The third kappa shape index (κ3) is 4.10. The molecule has 0 unspecified atom stereocenters. The van der Waals surface area contributed by atoms with Gasteiger partial charge in [0.2, 0.25) is 0 Å². The third-order valence-electron chi connectivity index (χ3n) is 2.77. The van der Waals surface area contributed by atoms with Crippen molar-refractivity contribution in [2.75, 3.05) is 12.9 Å². The summed E-state index contributed by atoms with van der Waals surface area (Å²) in [6.07, 6.45) is 0.322. The van der Waals surface area contributed by atoms with Crippen LogP contribution in [-0.2, 0) is 11.2 Å². The van der Waals surface area contributed by atoms with Gasteiger partial charge in [-0.1, -0.05) is 24.3 Å². The minimum atomic E-state index is -0.287. The molecule has 0 amide bonds. The second-order valence-corrected chi connectivity index (χ2v) is 5.30. The Balaban J connectivity index is 1.90. The lowest BCUT2D eigenvalue weighted by atomic mass is 10.1. The normalized spacial score (nSPS) is 10.3. The fourth-order valence-corrected chi connectivity index (χ4v) is 2.66. The van der Waals surface area contributed by atoms with Crippen molar-refractivity contribution in [2.45, 2.75) is 11.3 Å². The van der Waals surface area contributed by atoms with Crippen LogP contribution >= 0.6 is 11.8 Å². The average molecular weight is 290 g/mol. The van der Waals surface area contributed by atoms with E-state index in [4.69, 9.17) is 4.74 Å². The van der Waals surface area contributed by atoms with Crippen LogP contribution < -0.4 is 4.74 Å². The van der Waals surface area contributed by atoms with Crippen LogP contribution in [0.25, 0.3) is 0 Å². The van der Waals surface area contributed by atoms with Gasteiger partial charge in [0, 0.05) is 11.3 Å². The first-order chi connectivity index (χ1) is 9.69. The second-order valence-electron chi connectivity index (χ2n) is 4.28. The predicted octanol–water partition coefficient (Wildman–Crippen LogP) is 3.74. The fourth-order valence-electron chi connectivity index (χ4n) is 1.78. The van der Waals surface area contributed by atoms with Gasteiger partial charge in [-0.3, -0.25) is 4.79 Å². The summed E-state index contributed by atoms with van der Waals surface area (Å²) >= 11 is 1.45. The summed E-state index contributed by atoms with van der Waals surface area (Å²) in [7, 11) is 1.61. The number of hydrogen-bond donors (Lipinski definition) is 0. The number of rotatable bonds is 6. The number of carbonyl (C=O) groups is 1. The first-order valence-electron chi connectivity index (χ1n) is 6.21. The Morgan fingerprint density at radius 2 is 1.85 bits per heavy atom. The van der Waals surface area contributed by atoms with E-state index in [0.717, 1.165) is 16.2 Å². The van der Waals surface area contributed by atoms with Gasteiger partial charge in [0.05, 0.1) is 12.9 Å². The van der Waals surface area contributed by atoms with Crippen molar-refractivity contribution in [3.63, 3.8) is 0 Å². The van der Waals surface area contributed by atoms with Crippen LogP contribution in [0.1, 0.15) is 5.56 Å². The summed E-state index contributed by atoms with van der Waals surface area (Å²) in [6, 6.07) is 13.6. The van der Waals surface area contributed by atoms with E-state index in [2.05, 4.69) is 0 Å². The number of ketones is 1. The van der Waals surface area contributed by atoms with Gasteiger partial charge in [0.25, 0.3) is 0 Å². The van der Waals surface area contributed by atoms with Gasteiger partial charge in [-0.05, 0) is 29.8 Å². The molecule has 0 aliphatic carbocycles. The molecule has 0 saturated carbocycles. The maximum absolute atomic E-state index is 12.8. The Kier molecular flexibility index (Phi) is 5.18. The highest BCUT2D eigenvalue weighted by molar-refractivity contribution is 8.00. The molecule has 0 aromatic heterocycles. The summed E-state index contributed by atoms with van der Waals surface area (Å²) in [6.45, 7) is 0. The van der Waals surface area contributed by atoms with Gasteiger partial charge >= 0.3 is 0 Å². The molecule has 20 heavy (non-hydrogen) atoms. The first-order valence-corrected chi connectivity index (χ1v) is 7.19. The van der Waals surface area contributed by atoms with Crippen molar-refractivity contribution >= 4 is 17.5 Å². The van der Waals surface area contributed by atoms with Crippen LogP contribution in [0.4, 0.5) is 4.39 Å². The molecule has 104 valence electrons. The predicted molar refractivity (Wildman–Crippen MR) is 78.8 cm³/mol. The summed E-state index contributed by atoms with van der Waals surface area (Å²) in [5.41, 5.74) is 0.831. The second kappa shape index (κ2) is 7.10. The van der Waals surface area contributed by atoms with Crippen LogP contribution in [0.15, 0.2) is 53.4 Å². The van der Waals surface area contributed by atoms with Crippen molar-refractivity contribution in [3.05, 3.63) is 59.9 Å². The number of carbonyl (C=O) groups excluding carboxylic acids is 1. The Morgan fingerprint density at radius 3 is 2.55 bits per heavy atom. The van der Waals surface area contributed by atoms with Gasteiger partial charge in [0.1, 0.15) is 17.3 Å². The lowest BCUT2D eigenvalue weighted by molar-refractivity contribution is -0.116. The molecule has 0 heterocycles. The molecule has 0 spiro atoms. The summed E-state index contributed by atoms with van der Waals surface area (Å²) in [4.78, 5) is 12.9. The number of para-hydroxylation sites is 1. The van der Waals surface area contributed by atoms with E-state index >= 15 is 0 Å². The Labute approximate surface area is 122 Å². The molecule has 2 rings (SSSR count). The van der Waals surface area contributed by atoms with Crippen LogP contribution in [-0.4, -0.2) is 18.6 Å². The number of methoxy groups -OCH3 is 1. The molecule has 0 aliphatic rings. The first kappa shape index (κ1) is 14.6. The molecule has 0 N–H and O–H groups in total. The van der Waals surface area contributed by atoms with Crippen LogP contribution in [0.2, 0.25) is 0 Å². The van der Waals surface area contributed by atoms with Gasteiger partial charge in [-0.25, -0.2) is 4.39 Å². The van der Waals surface area contributed by atoms with E-state index in [1.165, 1.54) is 23.9 Å². The van der Waals surface area contributed by atoms with Crippen molar-refractivity contribution in [3.8, 4) is 5.75 Å². The zero-order valence-corrected chi connectivity index (χ0v) is 12.0. The van der Waals surface area contributed by atoms with Crippen molar-refractivity contribution in [1.82, 2.24) is 0 Å². The molecule has 2 nitrogen and oxygen atoms in total. The van der Waals surface area contributed by atoms with E-state index < -0.39 is 0 Å². The minimum Gasteiger partial charge on any atom is -0.496 e. The number of thioether (sulfide) groups is 1. The van der Waals surface area contributed by atoms with E-state index in [9.17, 15) is 9.18 Å². The molecule has 4 heteroatoms. The number of hydrogen-bond acceptors (Lipinski definition) is 3. The molecule has 0 aliphatic heterocycles. The molecule has 0 bridgehead atoms. The molecule has 0 fully saturated rings. The number of Topliss-reactive ketones (excluding diaryl/α,β-unsaturated/α-hetero) is 1. The maximum atomic E-state index is 12.8. The Morgan fingerprint density at radius 1 is 1.15 bits per heavy atom. The third-order valence-corrected chi connectivity index (χ3v) is 3.89. The van der Waals surface area contributed by atoms with Crippen LogP contribution in [0.3, 0.4) is 0 Å². The number of halogens is 1. The van der Waals surface area contributed by atoms with Gasteiger partial charge in [-0.2, -0.15) is 0 Å². The average Bonchev–Trinajstić information content (AvgIpc) is 2.48. The van der Waals surface area contributed by atoms with Crippen molar-refractivity contribution in [1.29, 1.82) is 0 Å². The lowest BCUT2D eigenvalue weighted by Gasteiger charge is -2.07. The largest absolute Gasteiger partial charge is 0.496 e. The molecule has 0 saturated heterocycles. The summed E-state index contributed by atoms with van der Waals surface area (Å²) < 4.78 is 18.0. The van der Waals surface area contributed by atoms with E-state index in [0.29, 0.717) is 12.2 Å². The SMILES string of the molecule is COc1ccccc1SCC(=O)Cc1ccc(F)cc1. The summed E-state index contributed by atoms with van der Waals surface area (Å²) in [5, 5.41) is 0. The van der Waals surface area contributed by atoms with Crippen LogP contribution in [0, 0.1) is 5.82 Å². The molecular weight excluding hydrogens is 275 g/mol. The highest BCUT2D eigenvalue weighted by Crippen LogP contribution is 2.28. The number of benzene rings is 2. The van der Waals surface area contributed by atoms with E-state index in [-0.39, 0.29) is 11.6 Å². The lowest BCUT2D eigenvalue weighted by Crippen LogP contribution is -2.05.